The van der Waals surface area contributed by atoms with Crippen molar-refractivity contribution in [3.05, 3.63) is 64.7 Å². The van der Waals surface area contributed by atoms with Crippen molar-refractivity contribution in [2.24, 2.45) is 5.84 Å². The normalized spacial score (nSPS) is 12.6. The smallest absolute Gasteiger partial charge is 0.248 e. The van der Waals surface area contributed by atoms with Gasteiger partial charge >= 0.3 is 0 Å². The minimum absolute atomic E-state index is 0.0247. The average molecular weight is 353 g/mol. The maximum atomic E-state index is 11.8. The Labute approximate surface area is 152 Å². The van der Waals surface area contributed by atoms with Crippen LogP contribution in [0, 0.1) is 0 Å². The van der Waals surface area contributed by atoms with E-state index < -0.39 is 0 Å². The minimum Gasteiger partial charge on any atom is -0.493 e. The Hall–Kier alpha value is -2.70. The van der Waals surface area contributed by atoms with E-state index in [1.165, 1.54) is 5.56 Å². The maximum absolute atomic E-state index is 11.8. The number of hydrogen-bond acceptors (Lipinski definition) is 5. The molecular formula is C20H23N3O3. The van der Waals surface area contributed by atoms with Crippen molar-refractivity contribution in [2.45, 2.75) is 26.4 Å². The van der Waals surface area contributed by atoms with Crippen LogP contribution in [0.1, 0.15) is 34.0 Å². The van der Waals surface area contributed by atoms with Gasteiger partial charge in [-0.25, -0.2) is 5.84 Å². The lowest BCUT2D eigenvalue weighted by Gasteiger charge is -2.22. The van der Waals surface area contributed by atoms with Crippen LogP contribution >= 0.6 is 0 Å². The highest BCUT2D eigenvalue weighted by Gasteiger charge is 2.16. The van der Waals surface area contributed by atoms with Crippen molar-refractivity contribution < 1.29 is 14.3 Å². The Balaban J connectivity index is 1.77. The summed E-state index contributed by atoms with van der Waals surface area (Å²) in [7, 11) is 0. The van der Waals surface area contributed by atoms with Crippen LogP contribution in [0.3, 0.4) is 0 Å². The van der Waals surface area contributed by atoms with Gasteiger partial charge in [-0.3, -0.25) is 19.9 Å². The quantitative estimate of drug-likeness (QED) is 0.343. The second-order valence-corrected chi connectivity index (χ2v) is 6.51. The molecule has 0 fully saturated rings. The number of carbonyl (C=O) groups is 2. The average Bonchev–Trinajstić information content (AvgIpc) is 3.09. The van der Waals surface area contributed by atoms with E-state index in [9.17, 15) is 9.59 Å². The lowest BCUT2D eigenvalue weighted by Crippen LogP contribution is -2.39. The number of benzene rings is 2. The van der Waals surface area contributed by atoms with Crippen LogP contribution in [-0.4, -0.2) is 29.7 Å². The highest BCUT2D eigenvalue weighted by atomic mass is 16.5. The van der Waals surface area contributed by atoms with Gasteiger partial charge in [0.05, 0.1) is 13.2 Å². The van der Waals surface area contributed by atoms with Crippen LogP contribution in [0.15, 0.2) is 42.5 Å². The third kappa shape index (κ3) is 4.47. The number of nitrogens with one attached hydrogen (secondary N) is 1. The number of ketones is 1. The molecule has 0 spiro atoms. The van der Waals surface area contributed by atoms with E-state index >= 15 is 0 Å². The molecule has 0 bridgehead atoms. The molecule has 3 N–H and O–H groups in total. The van der Waals surface area contributed by atoms with E-state index in [4.69, 9.17) is 10.6 Å². The van der Waals surface area contributed by atoms with Crippen molar-refractivity contribution in [3.63, 3.8) is 0 Å². The topological polar surface area (TPSA) is 84.7 Å². The van der Waals surface area contributed by atoms with Crippen molar-refractivity contribution in [3.8, 4) is 5.75 Å². The number of nitrogens with two attached hydrogens (primary N) is 1. The van der Waals surface area contributed by atoms with Gasteiger partial charge in [0.25, 0.3) is 0 Å². The molecule has 0 atom stereocenters. The summed E-state index contributed by atoms with van der Waals surface area (Å²) in [6.45, 7) is 3.59. The predicted molar refractivity (Wildman–Crippen MR) is 98.5 cm³/mol. The number of rotatable bonds is 7. The Kier molecular flexibility index (Phi) is 5.65. The Bertz CT molecular complexity index is 820. The van der Waals surface area contributed by atoms with E-state index in [-0.39, 0.29) is 18.2 Å². The monoisotopic (exact) mass is 353 g/mol. The van der Waals surface area contributed by atoms with Gasteiger partial charge < -0.3 is 4.74 Å². The molecule has 3 rings (SSSR count). The van der Waals surface area contributed by atoms with Gasteiger partial charge in [0, 0.05) is 25.1 Å². The first-order valence-corrected chi connectivity index (χ1v) is 8.61. The van der Waals surface area contributed by atoms with E-state index in [1.54, 1.807) is 13.0 Å². The molecule has 2 aromatic rings. The number of hydrogen-bond donors (Lipinski definition) is 2. The van der Waals surface area contributed by atoms with Crippen molar-refractivity contribution >= 4 is 11.7 Å². The number of carbonyl (C=O) groups excluding carboxylic acids is 2. The molecule has 0 unspecified atom stereocenters. The van der Waals surface area contributed by atoms with Crippen LogP contribution in [0.5, 0.6) is 5.75 Å². The van der Waals surface area contributed by atoms with Gasteiger partial charge in [-0.05, 0) is 35.7 Å². The minimum atomic E-state index is -0.253. The first kappa shape index (κ1) is 18.1. The van der Waals surface area contributed by atoms with Crippen molar-refractivity contribution in [2.75, 3.05) is 13.2 Å². The van der Waals surface area contributed by atoms with Crippen molar-refractivity contribution in [1.29, 1.82) is 0 Å². The largest absolute Gasteiger partial charge is 0.493 e. The fourth-order valence-electron chi connectivity index (χ4n) is 3.16. The number of fused-ring (bicyclic) bond motifs is 1. The maximum Gasteiger partial charge on any atom is 0.248 e. The first-order chi connectivity index (χ1) is 12.5. The molecule has 136 valence electrons. The third-order valence-electron chi connectivity index (χ3n) is 4.43. The molecule has 0 radical (unpaired) electrons. The molecule has 6 heteroatoms. The number of Topliss-reactive ketones (excluding diaryl/α,β-unsaturated/α-hetero) is 1. The zero-order chi connectivity index (χ0) is 18.5. The molecule has 1 heterocycles. The Morgan fingerprint density at radius 1 is 1.15 bits per heavy atom. The molecule has 1 amide bonds. The summed E-state index contributed by atoms with van der Waals surface area (Å²) in [5.74, 6) is 5.97. The van der Waals surface area contributed by atoms with Crippen LogP contribution in [-0.2, 0) is 24.3 Å². The molecule has 1 aliphatic rings. The first-order valence-electron chi connectivity index (χ1n) is 8.61. The second-order valence-electron chi connectivity index (χ2n) is 6.51. The molecule has 0 aliphatic carbocycles. The standard InChI is InChI=1S/C20H23N3O3/c1-14(24)17-4-2-3-15(9-17)11-23(13-20(25)22-21)12-16-5-6-19-18(10-16)7-8-26-19/h2-6,9-10H,7-8,11-13,21H2,1H3,(H,22,25). The summed E-state index contributed by atoms with van der Waals surface area (Å²) in [5.41, 5.74) is 6.14. The second kappa shape index (κ2) is 8.12. The zero-order valence-corrected chi connectivity index (χ0v) is 14.8. The fraction of sp³-hybridized carbons (Fsp3) is 0.300. The highest BCUT2D eigenvalue weighted by molar-refractivity contribution is 5.94. The molecule has 1 aliphatic heterocycles. The van der Waals surface area contributed by atoms with Crippen LogP contribution in [0.4, 0.5) is 0 Å². The van der Waals surface area contributed by atoms with E-state index in [1.807, 2.05) is 35.2 Å². The van der Waals surface area contributed by atoms with Gasteiger partial charge in [-0.15, -0.1) is 0 Å². The fourth-order valence-corrected chi connectivity index (χ4v) is 3.16. The van der Waals surface area contributed by atoms with E-state index in [0.29, 0.717) is 18.7 Å². The number of hydrazine groups is 1. The SMILES string of the molecule is CC(=O)c1cccc(CN(CC(=O)NN)Cc2ccc3c(c2)CCO3)c1. The molecule has 0 saturated carbocycles. The van der Waals surface area contributed by atoms with Gasteiger partial charge in [-0.2, -0.15) is 0 Å². The summed E-state index contributed by atoms with van der Waals surface area (Å²) < 4.78 is 5.55. The summed E-state index contributed by atoms with van der Waals surface area (Å²) in [6, 6.07) is 13.6. The molecule has 0 aromatic heterocycles. The molecule has 2 aromatic carbocycles. The predicted octanol–water partition coefficient (Wildman–Crippen LogP) is 1.82. The highest BCUT2D eigenvalue weighted by Crippen LogP contribution is 2.26. The van der Waals surface area contributed by atoms with Crippen LogP contribution in [0.25, 0.3) is 0 Å². The summed E-state index contributed by atoms with van der Waals surface area (Å²) in [4.78, 5) is 25.4. The van der Waals surface area contributed by atoms with Crippen molar-refractivity contribution in [1.82, 2.24) is 10.3 Å². The van der Waals surface area contributed by atoms with E-state index in [0.717, 1.165) is 29.9 Å². The lowest BCUT2D eigenvalue weighted by atomic mass is 10.1. The number of amides is 1. The molecule has 26 heavy (non-hydrogen) atoms. The third-order valence-corrected chi connectivity index (χ3v) is 4.43. The van der Waals surface area contributed by atoms with Gasteiger partial charge in [-0.1, -0.05) is 30.3 Å². The van der Waals surface area contributed by atoms with Gasteiger partial charge in [0.2, 0.25) is 5.91 Å². The van der Waals surface area contributed by atoms with E-state index in [2.05, 4.69) is 11.5 Å². The summed E-state index contributed by atoms with van der Waals surface area (Å²) in [6.07, 6.45) is 0.910. The number of nitrogens with zero attached hydrogens (tertiary/aromatic N) is 1. The molecular weight excluding hydrogens is 330 g/mol. The molecule has 6 nitrogen and oxygen atoms in total. The lowest BCUT2D eigenvalue weighted by molar-refractivity contribution is -0.122. The molecule has 0 saturated heterocycles. The van der Waals surface area contributed by atoms with Gasteiger partial charge in [0.1, 0.15) is 5.75 Å². The zero-order valence-electron chi connectivity index (χ0n) is 14.8. The Morgan fingerprint density at radius 2 is 1.92 bits per heavy atom. The Morgan fingerprint density at radius 3 is 2.65 bits per heavy atom. The van der Waals surface area contributed by atoms with Crippen LogP contribution < -0.4 is 16.0 Å². The summed E-state index contributed by atoms with van der Waals surface area (Å²) in [5, 5.41) is 0. The van der Waals surface area contributed by atoms with Crippen LogP contribution in [0.2, 0.25) is 0 Å². The number of ether oxygens (including phenoxy) is 1. The summed E-state index contributed by atoms with van der Waals surface area (Å²) >= 11 is 0. The van der Waals surface area contributed by atoms with Gasteiger partial charge in [0.15, 0.2) is 5.78 Å².